The molecule has 0 saturated carbocycles. The largest absolute Gasteiger partial charge is 0.456 e. The van der Waals surface area contributed by atoms with E-state index >= 15 is 0 Å². The third kappa shape index (κ3) is 6.18. The van der Waals surface area contributed by atoms with Crippen LogP contribution in [-0.4, -0.2) is 15.0 Å². The lowest BCUT2D eigenvalue weighted by Gasteiger charge is -2.27. The standard InChI is InChI=1S/C50H34N4O/c1-4-16-37(17-5-1)48-51-49(38-18-6-2-7-19-38)53-50(52-48)43-31-39(32-46-47(43)42-24-12-13-26-45(42)55-46)35-29-27-34(28-30-35)33-54(40-21-8-3-9-22-40)44-25-14-20-36-15-10-11-23-41(36)44/h1-32H,33H2. The average Bonchev–Trinajstić information content (AvgIpc) is 3.65. The summed E-state index contributed by atoms with van der Waals surface area (Å²) in [6.07, 6.45) is 0. The Morgan fingerprint density at radius 2 is 1.00 bits per heavy atom. The third-order valence-corrected chi connectivity index (χ3v) is 10.2. The first-order valence-electron chi connectivity index (χ1n) is 18.5. The molecular weight excluding hydrogens is 673 g/mol. The number of benzene rings is 8. The summed E-state index contributed by atoms with van der Waals surface area (Å²) < 4.78 is 6.54. The fourth-order valence-electron chi connectivity index (χ4n) is 7.48. The van der Waals surface area contributed by atoms with Crippen LogP contribution in [0.15, 0.2) is 199 Å². The molecule has 0 aliphatic carbocycles. The number of rotatable bonds is 8. The minimum atomic E-state index is 0.594. The van der Waals surface area contributed by atoms with E-state index in [0.29, 0.717) is 24.0 Å². The second kappa shape index (κ2) is 13.9. The second-order valence-corrected chi connectivity index (χ2v) is 13.7. The van der Waals surface area contributed by atoms with Crippen LogP contribution >= 0.6 is 0 Å². The van der Waals surface area contributed by atoms with E-state index in [2.05, 4.69) is 120 Å². The Labute approximate surface area is 318 Å². The Balaban J connectivity index is 1.09. The predicted molar refractivity (Wildman–Crippen MR) is 225 cm³/mol. The number of furan rings is 1. The van der Waals surface area contributed by atoms with E-state index in [1.165, 1.54) is 22.0 Å². The quantitative estimate of drug-likeness (QED) is 0.157. The van der Waals surface area contributed by atoms with E-state index in [-0.39, 0.29) is 0 Å². The summed E-state index contributed by atoms with van der Waals surface area (Å²) in [5, 5.41) is 4.44. The van der Waals surface area contributed by atoms with Crippen molar-refractivity contribution in [3.8, 4) is 45.3 Å². The summed E-state index contributed by atoms with van der Waals surface area (Å²) in [5.41, 5.74) is 9.96. The van der Waals surface area contributed by atoms with Crippen molar-refractivity contribution in [3.05, 3.63) is 200 Å². The number of hydrogen-bond donors (Lipinski definition) is 0. The molecule has 10 rings (SSSR count). The molecule has 8 aromatic carbocycles. The zero-order valence-corrected chi connectivity index (χ0v) is 29.9. The molecular formula is C50H34N4O. The highest BCUT2D eigenvalue weighted by atomic mass is 16.3. The van der Waals surface area contributed by atoms with Gasteiger partial charge in [-0.25, -0.2) is 15.0 Å². The zero-order chi connectivity index (χ0) is 36.6. The summed E-state index contributed by atoms with van der Waals surface area (Å²) in [5.74, 6) is 1.83. The molecule has 0 N–H and O–H groups in total. The Bertz CT molecular complexity index is 2880. The molecule has 0 unspecified atom stereocenters. The molecule has 55 heavy (non-hydrogen) atoms. The van der Waals surface area contributed by atoms with Gasteiger partial charge in [0.05, 0.1) is 0 Å². The van der Waals surface area contributed by atoms with Crippen LogP contribution in [0.2, 0.25) is 0 Å². The average molecular weight is 707 g/mol. The molecule has 0 saturated heterocycles. The van der Waals surface area contributed by atoms with E-state index in [1.54, 1.807) is 0 Å². The van der Waals surface area contributed by atoms with Crippen LogP contribution in [0, 0.1) is 0 Å². The summed E-state index contributed by atoms with van der Waals surface area (Å²) in [6, 6.07) is 67.2. The maximum absolute atomic E-state index is 6.54. The molecule has 2 aromatic heterocycles. The molecule has 0 bridgehead atoms. The normalized spacial score (nSPS) is 11.3. The van der Waals surface area contributed by atoms with Crippen molar-refractivity contribution in [3.63, 3.8) is 0 Å². The molecule has 5 nitrogen and oxygen atoms in total. The first-order chi connectivity index (χ1) is 27.2. The molecule has 0 atom stereocenters. The van der Waals surface area contributed by atoms with Gasteiger partial charge in [0.25, 0.3) is 0 Å². The van der Waals surface area contributed by atoms with Gasteiger partial charge in [-0.1, -0.05) is 158 Å². The number of anilines is 2. The highest BCUT2D eigenvalue weighted by Gasteiger charge is 2.20. The molecule has 0 amide bonds. The third-order valence-electron chi connectivity index (χ3n) is 10.2. The minimum absolute atomic E-state index is 0.594. The lowest BCUT2D eigenvalue weighted by Crippen LogP contribution is -2.16. The second-order valence-electron chi connectivity index (χ2n) is 13.7. The molecule has 0 aliphatic rings. The number of nitrogens with zero attached hydrogens (tertiary/aromatic N) is 4. The van der Waals surface area contributed by atoms with Crippen LogP contribution < -0.4 is 4.90 Å². The van der Waals surface area contributed by atoms with Gasteiger partial charge in [0.2, 0.25) is 0 Å². The van der Waals surface area contributed by atoms with Crippen LogP contribution in [0.4, 0.5) is 11.4 Å². The van der Waals surface area contributed by atoms with Crippen LogP contribution in [-0.2, 0) is 6.54 Å². The summed E-state index contributed by atoms with van der Waals surface area (Å²) in [7, 11) is 0. The maximum Gasteiger partial charge on any atom is 0.164 e. The van der Waals surface area contributed by atoms with E-state index in [9.17, 15) is 0 Å². The monoisotopic (exact) mass is 706 g/mol. The van der Waals surface area contributed by atoms with E-state index in [1.807, 2.05) is 78.9 Å². The van der Waals surface area contributed by atoms with Crippen molar-refractivity contribution in [2.75, 3.05) is 4.90 Å². The van der Waals surface area contributed by atoms with E-state index < -0.39 is 0 Å². The highest BCUT2D eigenvalue weighted by Crippen LogP contribution is 2.40. The number of fused-ring (bicyclic) bond motifs is 4. The molecule has 0 aliphatic heterocycles. The van der Waals surface area contributed by atoms with Crippen molar-refractivity contribution < 1.29 is 4.42 Å². The summed E-state index contributed by atoms with van der Waals surface area (Å²) >= 11 is 0. The van der Waals surface area contributed by atoms with Gasteiger partial charge >= 0.3 is 0 Å². The van der Waals surface area contributed by atoms with E-state index in [0.717, 1.165) is 55.4 Å². The van der Waals surface area contributed by atoms with Crippen molar-refractivity contribution in [2.24, 2.45) is 0 Å². The lowest BCUT2D eigenvalue weighted by atomic mass is 9.97. The van der Waals surface area contributed by atoms with Crippen LogP contribution in [0.5, 0.6) is 0 Å². The predicted octanol–water partition coefficient (Wildman–Crippen LogP) is 12.9. The van der Waals surface area contributed by atoms with Crippen LogP contribution in [0.1, 0.15) is 5.56 Å². The first-order valence-corrected chi connectivity index (χ1v) is 18.5. The molecule has 5 heteroatoms. The summed E-state index contributed by atoms with van der Waals surface area (Å²) in [6.45, 7) is 0.710. The molecule has 2 heterocycles. The van der Waals surface area contributed by atoms with Gasteiger partial charge in [0.15, 0.2) is 17.5 Å². The SMILES string of the molecule is c1ccc(-c2nc(-c3ccccc3)nc(-c3cc(-c4ccc(CN(c5ccccc5)c5cccc6ccccc56)cc4)cc4oc5ccccc5c34)n2)cc1. The van der Waals surface area contributed by atoms with Crippen LogP contribution in [0.25, 0.3) is 78.0 Å². The van der Waals surface area contributed by atoms with Gasteiger partial charge in [-0.15, -0.1) is 0 Å². The number of para-hydroxylation sites is 2. The van der Waals surface area contributed by atoms with Crippen molar-refractivity contribution in [1.82, 2.24) is 15.0 Å². The van der Waals surface area contributed by atoms with Crippen molar-refractivity contribution in [2.45, 2.75) is 6.54 Å². The number of hydrogen-bond acceptors (Lipinski definition) is 5. The fraction of sp³-hybridized carbons (Fsp3) is 0.0200. The van der Waals surface area contributed by atoms with Gasteiger partial charge < -0.3 is 9.32 Å². The Morgan fingerprint density at radius 3 is 1.71 bits per heavy atom. The zero-order valence-electron chi connectivity index (χ0n) is 29.9. The van der Waals surface area contributed by atoms with Crippen LogP contribution in [0.3, 0.4) is 0 Å². The van der Waals surface area contributed by atoms with Gasteiger partial charge in [0, 0.05) is 50.8 Å². The molecule has 0 fully saturated rings. The smallest absolute Gasteiger partial charge is 0.164 e. The Kier molecular flexibility index (Phi) is 8.15. The van der Waals surface area contributed by atoms with Crippen molar-refractivity contribution in [1.29, 1.82) is 0 Å². The topological polar surface area (TPSA) is 55.1 Å². The maximum atomic E-state index is 6.54. The van der Waals surface area contributed by atoms with Gasteiger partial charge in [-0.3, -0.25) is 0 Å². The molecule has 0 radical (unpaired) electrons. The molecule has 260 valence electrons. The van der Waals surface area contributed by atoms with E-state index in [4.69, 9.17) is 19.4 Å². The minimum Gasteiger partial charge on any atom is -0.456 e. The fourth-order valence-corrected chi connectivity index (χ4v) is 7.48. The first kappa shape index (κ1) is 32.3. The number of aromatic nitrogens is 3. The lowest BCUT2D eigenvalue weighted by molar-refractivity contribution is 0.669. The van der Waals surface area contributed by atoms with Gasteiger partial charge in [0.1, 0.15) is 11.2 Å². The Hall–Kier alpha value is -7.37. The van der Waals surface area contributed by atoms with Crippen molar-refractivity contribution >= 4 is 44.1 Å². The molecule has 10 aromatic rings. The van der Waals surface area contributed by atoms with Gasteiger partial charge in [-0.2, -0.15) is 0 Å². The van der Waals surface area contributed by atoms with Gasteiger partial charge in [-0.05, 0) is 58.5 Å². The summed E-state index contributed by atoms with van der Waals surface area (Å²) in [4.78, 5) is 17.6. The highest BCUT2D eigenvalue weighted by molar-refractivity contribution is 6.13. The molecule has 0 spiro atoms. The Morgan fingerprint density at radius 1 is 0.418 bits per heavy atom.